The molecule has 82 valence electrons. The van der Waals surface area contributed by atoms with Gasteiger partial charge in [0.1, 0.15) is 5.82 Å². The van der Waals surface area contributed by atoms with Gasteiger partial charge in [-0.1, -0.05) is 0 Å². The van der Waals surface area contributed by atoms with Crippen molar-refractivity contribution in [2.75, 3.05) is 11.4 Å². The monoisotopic (exact) mass is 216 g/mol. The molecule has 3 rings (SSSR count). The number of piperidine rings is 1. The molecule has 2 aliphatic rings. The third-order valence-corrected chi connectivity index (χ3v) is 3.80. The predicted molar refractivity (Wildman–Crippen MR) is 59.6 cm³/mol. The minimum absolute atomic E-state index is 0.258. The highest BCUT2D eigenvalue weighted by molar-refractivity contribution is 5.53. The summed E-state index contributed by atoms with van der Waals surface area (Å²) < 4.78 is 13.8. The second-order valence-corrected chi connectivity index (χ2v) is 4.76. The number of hydrogen-bond acceptors (Lipinski definition) is 2. The number of fused-ring (bicyclic) bond motifs is 2. The van der Waals surface area contributed by atoms with E-state index in [-0.39, 0.29) is 5.82 Å². The van der Waals surface area contributed by atoms with Crippen molar-refractivity contribution >= 4 is 5.69 Å². The molecule has 3 heteroatoms. The molecule has 0 aromatic heterocycles. The van der Waals surface area contributed by atoms with Crippen LogP contribution in [0, 0.1) is 23.1 Å². The normalized spacial score (nSPS) is 27.1. The predicted octanol–water partition coefficient (Wildman–Crippen LogP) is 2.69. The Morgan fingerprint density at radius 3 is 2.81 bits per heavy atom. The molecule has 0 amide bonds. The van der Waals surface area contributed by atoms with E-state index >= 15 is 0 Å². The lowest BCUT2D eigenvalue weighted by Crippen LogP contribution is -2.32. The summed E-state index contributed by atoms with van der Waals surface area (Å²) in [6.07, 6.45) is 3.68. The molecule has 16 heavy (non-hydrogen) atoms. The lowest BCUT2D eigenvalue weighted by atomic mass is 10.1. The smallest absolute Gasteiger partial charge is 0.147 e. The van der Waals surface area contributed by atoms with E-state index in [1.165, 1.54) is 25.3 Å². The Bertz CT molecular complexity index is 463. The first-order valence-electron chi connectivity index (χ1n) is 5.74. The molecule has 2 atom stereocenters. The van der Waals surface area contributed by atoms with Crippen LogP contribution in [0.1, 0.15) is 24.8 Å². The van der Waals surface area contributed by atoms with Gasteiger partial charge in [0.2, 0.25) is 0 Å². The molecule has 0 N–H and O–H groups in total. The van der Waals surface area contributed by atoms with E-state index in [2.05, 4.69) is 4.90 Å². The Balaban J connectivity index is 1.93. The average Bonchev–Trinajstić information content (AvgIpc) is 2.90. The highest BCUT2D eigenvalue weighted by Crippen LogP contribution is 2.40. The van der Waals surface area contributed by atoms with Crippen LogP contribution in [0.3, 0.4) is 0 Å². The number of hydrogen-bond donors (Lipinski definition) is 0. The van der Waals surface area contributed by atoms with Crippen molar-refractivity contribution < 1.29 is 4.39 Å². The molecule has 1 aliphatic heterocycles. The lowest BCUT2D eigenvalue weighted by molar-refractivity contribution is 0.540. The highest BCUT2D eigenvalue weighted by atomic mass is 19.1. The van der Waals surface area contributed by atoms with Crippen LogP contribution in [0.2, 0.25) is 0 Å². The van der Waals surface area contributed by atoms with Crippen molar-refractivity contribution in [2.45, 2.75) is 25.3 Å². The third-order valence-electron chi connectivity index (χ3n) is 3.80. The van der Waals surface area contributed by atoms with Crippen molar-refractivity contribution in [3.05, 3.63) is 29.6 Å². The zero-order chi connectivity index (χ0) is 11.1. The molecular weight excluding hydrogens is 203 g/mol. The summed E-state index contributed by atoms with van der Waals surface area (Å²) in [5, 5.41) is 8.69. The van der Waals surface area contributed by atoms with Crippen molar-refractivity contribution in [1.82, 2.24) is 0 Å². The zero-order valence-electron chi connectivity index (χ0n) is 8.99. The topological polar surface area (TPSA) is 27.0 Å². The van der Waals surface area contributed by atoms with Crippen LogP contribution in [0.25, 0.3) is 0 Å². The van der Waals surface area contributed by atoms with E-state index in [0.717, 1.165) is 12.5 Å². The van der Waals surface area contributed by atoms with E-state index < -0.39 is 0 Å². The van der Waals surface area contributed by atoms with Crippen LogP contribution in [-0.2, 0) is 0 Å². The quantitative estimate of drug-likeness (QED) is 0.721. The first-order chi connectivity index (χ1) is 7.78. The summed E-state index contributed by atoms with van der Waals surface area (Å²) >= 11 is 0. The number of nitriles is 1. The Morgan fingerprint density at radius 2 is 2.25 bits per heavy atom. The van der Waals surface area contributed by atoms with E-state index in [1.807, 2.05) is 6.07 Å². The fourth-order valence-corrected chi connectivity index (χ4v) is 3.03. The minimum atomic E-state index is -0.258. The van der Waals surface area contributed by atoms with Crippen molar-refractivity contribution in [3.63, 3.8) is 0 Å². The second-order valence-electron chi connectivity index (χ2n) is 4.76. The number of halogens is 1. The van der Waals surface area contributed by atoms with E-state index in [0.29, 0.717) is 17.3 Å². The molecular formula is C13H13FN2. The Kier molecular flexibility index (Phi) is 2.10. The van der Waals surface area contributed by atoms with Gasteiger partial charge in [-0.3, -0.25) is 0 Å². The molecule has 2 nitrogen and oxygen atoms in total. The second kappa shape index (κ2) is 3.48. The van der Waals surface area contributed by atoms with Gasteiger partial charge >= 0.3 is 0 Å². The largest absolute Gasteiger partial charge is 0.366 e. The van der Waals surface area contributed by atoms with Gasteiger partial charge in [0.05, 0.1) is 17.3 Å². The lowest BCUT2D eigenvalue weighted by Gasteiger charge is -2.29. The first kappa shape index (κ1) is 9.65. The SMILES string of the molecule is N#Cc1ccc(N2CC3CCC2C3)c(F)c1. The van der Waals surface area contributed by atoms with Crippen LogP contribution in [0.4, 0.5) is 10.1 Å². The molecule has 1 saturated carbocycles. The number of anilines is 1. The third kappa shape index (κ3) is 1.37. The number of nitrogens with zero attached hydrogens (tertiary/aromatic N) is 2. The molecule has 1 saturated heterocycles. The highest BCUT2D eigenvalue weighted by Gasteiger charge is 2.38. The van der Waals surface area contributed by atoms with Gasteiger partial charge in [-0.2, -0.15) is 5.26 Å². The molecule has 2 fully saturated rings. The Labute approximate surface area is 94.3 Å². The van der Waals surface area contributed by atoms with Crippen LogP contribution in [0.5, 0.6) is 0 Å². The summed E-state index contributed by atoms with van der Waals surface area (Å²) in [7, 11) is 0. The molecule has 0 spiro atoms. The van der Waals surface area contributed by atoms with Crippen LogP contribution >= 0.6 is 0 Å². The van der Waals surface area contributed by atoms with Gasteiger partial charge in [-0.15, -0.1) is 0 Å². The maximum atomic E-state index is 13.8. The fraction of sp³-hybridized carbons (Fsp3) is 0.462. The van der Waals surface area contributed by atoms with Crippen LogP contribution in [0.15, 0.2) is 18.2 Å². The standard InChI is InChI=1S/C13H13FN2/c14-12-6-9(7-15)2-4-13(12)16-8-10-1-3-11(16)5-10/h2,4,6,10-11H,1,3,5,8H2. The van der Waals surface area contributed by atoms with E-state index in [1.54, 1.807) is 12.1 Å². The maximum Gasteiger partial charge on any atom is 0.147 e. The zero-order valence-corrected chi connectivity index (χ0v) is 8.99. The molecule has 1 aliphatic carbocycles. The van der Waals surface area contributed by atoms with Gasteiger partial charge in [0.15, 0.2) is 0 Å². The molecule has 0 radical (unpaired) electrons. The van der Waals surface area contributed by atoms with Gasteiger partial charge in [-0.25, -0.2) is 4.39 Å². The summed E-state index contributed by atoms with van der Waals surface area (Å²) in [6.45, 7) is 0.980. The van der Waals surface area contributed by atoms with Gasteiger partial charge < -0.3 is 4.90 Å². The summed E-state index contributed by atoms with van der Waals surface area (Å²) in [5.41, 5.74) is 1.07. The van der Waals surface area contributed by atoms with E-state index in [4.69, 9.17) is 5.26 Å². The molecule has 1 aromatic carbocycles. The van der Waals surface area contributed by atoms with Crippen LogP contribution < -0.4 is 4.90 Å². The molecule has 2 bridgehead atoms. The molecule has 1 heterocycles. The Hall–Kier alpha value is -1.56. The molecule has 1 aromatic rings. The number of rotatable bonds is 1. The maximum absolute atomic E-state index is 13.8. The fourth-order valence-electron chi connectivity index (χ4n) is 3.03. The van der Waals surface area contributed by atoms with Crippen molar-refractivity contribution in [1.29, 1.82) is 5.26 Å². The van der Waals surface area contributed by atoms with Crippen molar-refractivity contribution in [2.24, 2.45) is 5.92 Å². The van der Waals surface area contributed by atoms with Crippen LogP contribution in [-0.4, -0.2) is 12.6 Å². The van der Waals surface area contributed by atoms with E-state index in [9.17, 15) is 4.39 Å². The Morgan fingerprint density at radius 1 is 1.38 bits per heavy atom. The number of benzene rings is 1. The average molecular weight is 216 g/mol. The van der Waals surface area contributed by atoms with Gasteiger partial charge in [0.25, 0.3) is 0 Å². The summed E-state index contributed by atoms with van der Waals surface area (Å²) in [6, 6.07) is 7.26. The van der Waals surface area contributed by atoms with Gasteiger partial charge in [0, 0.05) is 12.6 Å². The molecule has 2 unspecified atom stereocenters. The summed E-state index contributed by atoms with van der Waals surface area (Å²) in [4.78, 5) is 2.17. The van der Waals surface area contributed by atoms with Gasteiger partial charge in [-0.05, 0) is 43.4 Å². The minimum Gasteiger partial charge on any atom is -0.366 e. The van der Waals surface area contributed by atoms with Crippen molar-refractivity contribution in [3.8, 4) is 6.07 Å². The first-order valence-corrected chi connectivity index (χ1v) is 5.74. The summed E-state index contributed by atoms with van der Waals surface area (Å²) in [5.74, 6) is 0.492.